The van der Waals surface area contributed by atoms with Crippen molar-refractivity contribution in [3.8, 4) is 0 Å². The highest BCUT2D eigenvalue weighted by Gasteiger charge is 1.92. The molecule has 19 heavy (non-hydrogen) atoms. The van der Waals surface area contributed by atoms with Crippen molar-refractivity contribution in [2.24, 2.45) is 0 Å². The van der Waals surface area contributed by atoms with Crippen LogP contribution in [0.2, 0.25) is 0 Å². The summed E-state index contributed by atoms with van der Waals surface area (Å²) in [5, 5.41) is 49.3. The van der Waals surface area contributed by atoms with Crippen LogP contribution in [-0.2, 0) is 0 Å². The zero-order valence-corrected chi connectivity index (χ0v) is 9.57. The van der Waals surface area contributed by atoms with Crippen molar-refractivity contribution in [1.29, 1.82) is 0 Å². The van der Waals surface area contributed by atoms with Gasteiger partial charge in [-0.2, -0.15) is 0 Å². The summed E-state index contributed by atoms with van der Waals surface area (Å²) in [4.78, 5) is 0. The number of aromatic amines is 3. The lowest BCUT2D eigenvalue weighted by atomic mass is 10.3. The molecule has 0 amide bonds. The van der Waals surface area contributed by atoms with Crippen molar-refractivity contribution in [2.75, 3.05) is 0 Å². The van der Waals surface area contributed by atoms with E-state index in [0.29, 0.717) is 0 Å². The molecular weight excluding hydrogens is 257 g/mol. The fourth-order valence-corrected chi connectivity index (χ4v) is 0.500. The number of H-pyrrole nitrogens is 3. The molecule has 13 heteroatoms. The van der Waals surface area contributed by atoms with Gasteiger partial charge in [0.25, 0.3) is 0 Å². The first kappa shape index (κ1) is 16.4. The molecule has 6 N–H and O–H groups in total. The number of nitrogens with one attached hydrogen (secondary N) is 3. The van der Waals surface area contributed by atoms with Gasteiger partial charge in [-0.3, -0.25) is 15.3 Å². The SMILES string of the molecule is OB(O)O.c1c[nH]nn1.c1c[nH]nn1.c1c[nH]nn1. The summed E-state index contributed by atoms with van der Waals surface area (Å²) < 4.78 is 0. The second-order valence-electron chi connectivity index (χ2n) is 2.33. The molecule has 0 atom stereocenters. The first-order valence-electron chi connectivity index (χ1n) is 4.69. The third-order valence-electron chi connectivity index (χ3n) is 0.994. The topological polar surface area (TPSA) is 185 Å². The van der Waals surface area contributed by atoms with Gasteiger partial charge in [0.2, 0.25) is 0 Å². The smallest absolute Gasteiger partial charge is 0.402 e. The summed E-state index contributed by atoms with van der Waals surface area (Å²) in [6.07, 6.45) is 9.71. The van der Waals surface area contributed by atoms with Crippen molar-refractivity contribution < 1.29 is 15.1 Å². The van der Waals surface area contributed by atoms with Crippen LogP contribution in [0.3, 0.4) is 0 Å². The van der Waals surface area contributed by atoms with Crippen molar-refractivity contribution in [3.05, 3.63) is 37.2 Å². The van der Waals surface area contributed by atoms with Crippen LogP contribution in [0.25, 0.3) is 0 Å². The molecule has 0 spiro atoms. The summed E-state index contributed by atoms with van der Waals surface area (Å²) in [6, 6.07) is 0. The average molecular weight is 269 g/mol. The van der Waals surface area contributed by atoms with Gasteiger partial charge in [0, 0.05) is 18.6 Å². The van der Waals surface area contributed by atoms with E-state index < -0.39 is 7.32 Å². The monoisotopic (exact) mass is 269 g/mol. The van der Waals surface area contributed by atoms with Crippen LogP contribution in [0.1, 0.15) is 0 Å². The normalized spacial score (nSPS) is 7.74. The maximum absolute atomic E-state index is 7.17. The molecule has 0 saturated heterocycles. The predicted octanol–water partition coefficient (Wildman–Crippen LogP) is -2.64. The molecule has 0 radical (unpaired) electrons. The van der Waals surface area contributed by atoms with Gasteiger partial charge in [0.15, 0.2) is 0 Å². The van der Waals surface area contributed by atoms with E-state index in [4.69, 9.17) is 15.1 Å². The van der Waals surface area contributed by atoms with Gasteiger partial charge >= 0.3 is 7.32 Å². The Hall–Kier alpha value is -2.64. The molecule has 12 nitrogen and oxygen atoms in total. The molecule has 0 aliphatic carbocycles. The Labute approximate surface area is 107 Å². The van der Waals surface area contributed by atoms with Crippen LogP contribution < -0.4 is 0 Å². The van der Waals surface area contributed by atoms with E-state index in [9.17, 15) is 0 Å². The molecule has 3 rings (SSSR count). The summed E-state index contributed by atoms with van der Waals surface area (Å²) in [7, 11) is -2.17. The lowest BCUT2D eigenvalue weighted by Crippen LogP contribution is -2.07. The van der Waals surface area contributed by atoms with Gasteiger partial charge in [0.05, 0.1) is 18.6 Å². The van der Waals surface area contributed by atoms with E-state index in [2.05, 4.69) is 46.2 Å². The molecule has 0 fully saturated rings. The van der Waals surface area contributed by atoms with E-state index >= 15 is 0 Å². The van der Waals surface area contributed by atoms with Gasteiger partial charge in [-0.25, -0.2) is 0 Å². The quantitative estimate of drug-likeness (QED) is 0.237. The van der Waals surface area contributed by atoms with Gasteiger partial charge in [-0.05, 0) is 0 Å². The number of nitrogens with zero attached hydrogens (tertiary/aromatic N) is 6. The number of hydrogen-bond donors (Lipinski definition) is 6. The second kappa shape index (κ2) is 13.4. The maximum atomic E-state index is 7.17. The van der Waals surface area contributed by atoms with Gasteiger partial charge in [-0.15, -0.1) is 15.3 Å². The Morgan fingerprint density at radius 2 is 0.895 bits per heavy atom. The van der Waals surface area contributed by atoms with Crippen LogP contribution in [0.5, 0.6) is 0 Å². The molecule has 0 aliphatic heterocycles. The van der Waals surface area contributed by atoms with E-state index in [1.54, 1.807) is 37.2 Å². The lowest BCUT2D eigenvalue weighted by Gasteiger charge is -1.69. The third kappa shape index (κ3) is 18.0. The number of aromatic nitrogens is 9. The molecule has 3 aromatic rings. The zero-order valence-electron chi connectivity index (χ0n) is 9.57. The van der Waals surface area contributed by atoms with Gasteiger partial charge in [-0.1, -0.05) is 15.6 Å². The Kier molecular flexibility index (Phi) is 11.6. The van der Waals surface area contributed by atoms with Gasteiger partial charge < -0.3 is 15.1 Å². The highest BCUT2D eigenvalue weighted by molar-refractivity contribution is 6.30. The van der Waals surface area contributed by atoms with Gasteiger partial charge in [0.1, 0.15) is 0 Å². The summed E-state index contributed by atoms with van der Waals surface area (Å²) in [5.74, 6) is 0. The van der Waals surface area contributed by atoms with E-state index in [-0.39, 0.29) is 0 Å². The first-order chi connectivity index (χ1) is 9.23. The molecule has 3 heterocycles. The fraction of sp³-hybridized carbons (Fsp3) is 0. The lowest BCUT2D eigenvalue weighted by molar-refractivity contribution is 0.278. The average Bonchev–Trinajstić information content (AvgIpc) is 3.18. The highest BCUT2D eigenvalue weighted by Crippen LogP contribution is 1.56. The largest absolute Gasteiger partial charge is 0.631 e. The van der Waals surface area contributed by atoms with Crippen LogP contribution in [0, 0.1) is 0 Å². The molecular formula is C6H12BN9O3. The molecule has 0 bridgehead atoms. The molecule has 0 aliphatic rings. The highest BCUT2D eigenvalue weighted by atomic mass is 16.5. The molecule has 102 valence electrons. The first-order valence-corrected chi connectivity index (χ1v) is 4.69. The fourth-order valence-electron chi connectivity index (χ4n) is 0.500. The van der Waals surface area contributed by atoms with Crippen molar-refractivity contribution in [1.82, 2.24) is 46.2 Å². The molecule has 0 unspecified atom stereocenters. The molecule has 3 aromatic heterocycles. The minimum absolute atomic E-state index is 1.58. The van der Waals surface area contributed by atoms with E-state index in [0.717, 1.165) is 0 Å². The second-order valence-corrected chi connectivity index (χ2v) is 2.33. The Morgan fingerprint density at radius 1 is 0.632 bits per heavy atom. The van der Waals surface area contributed by atoms with Crippen LogP contribution >= 0.6 is 0 Å². The standard InChI is InChI=1S/3C2H3N3.BH3O3/c3*1-2-4-5-3-1;2-1(3)4/h3*1-2H,(H,3,4,5);2-4H. The maximum Gasteiger partial charge on any atom is 0.631 e. The van der Waals surface area contributed by atoms with Crippen molar-refractivity contribution >= 4 is 7.32 Å². The number of rotatable bonds is 0. The summed E-state index contributed by atoms with van der Waals surface area (Å²) in [6.45, 7) is 0. The third-order valence-corrected chi connectivity index (χ3v) is 0.994. The minimum Gasteiger partial charge on any atom is -0.402 e. The van der Waals surface area contributed by atoms with E-state index in [1.165, 1.54) is 0 Å². The van der Waals surface area contributed by atoms with Crippen LogP contribution in [-0.4, -0.2) is 68.6 Å². The van der Waals surface area contributed by atoms with Crippen molar-refractivity contribution in [3.63, 3.8) is 0 Å². The predicted molar refractivity (Wildman–Crippen MR) is 61.6 cm³/mol. The zero-order chi connectivity index (χ0) is 14.2. The van der Waals surface area contributed by atoms with E-state index in [1.807, 2.05) is 0 Å². The summed E-state index contributed by atoms with van der Waals surface area (Å²) in [5.41, 5.74) is 0. The number of hydrogen-bond acceptors (Lipinski definition) is 9. The van der Waals surface area contributed by atoms with Crippen molar-refractivity contribution in [2.45, 2.75) is 0 Å². The molecule has 0 saturated carbocycles. The Balaban J connectivity index is 0.000000229. The molecule has 0 aromatic carbocycles. The minimum atomic E-state index is -2.17. The summed E-state index contributed by atoms with van der Waals surface area (Å²) >= 11 is 0. The van der Waals surface area contributed by atoms with Crippen LogP contribution in [0.4, 0.5) is 0 Å². The Bertz CT molecular complexity index is 300. The van der Waals surface area contributed by atoms with Crippen LogP contribution in [0.15, 0.2) is 37.2 Å². The Morgan fingerprint density at radius 3 is 0.947 bits per heavy atom.